The van der Waals surface area contributed by atoms with Crippen molar-refractivity contribution in [1.82, 2.24) is 10.3 Å². The highest BCUT2D eigenvalue weighted by molar-refractivity contribution is 5.85. The zero-order chi connectivity index (χ0) is 12.8. The number of rotatable bonds is 2. The lowest BCUT2D eigenvalue weighted by atomic mass is 9.92. The molecular weight excluding hydrogens is 264 g/mol. The Balaban J connectivity index is 0.00000180. The molecular formula is C14H19ClN2O2. The van der Waals surface area contributed by atoms with Crippen molar-refractivity contribution in [3.05, 3.63) is 23.9 Å². The number of ether oxygens (including phenoxy) is 2. The predicted molar refractivity (Wildman–Crippen MR) is 76.8 cm³/mol. The van der Waals surface area contributed by atoms with Crippen LogP contribution >= 0.6 is 12.4 Å². The van der Waals surface area contributed by atoms with Crippen molar-refractivity contribution in [3.8, 4) is 17.7 Å². The Bertz CT molecular complexity index is 445. The smallest absolute Gasteiger partial charge is 0.212 e. The molecule has 0 unspecified atom stereocenters. The number of nitrogens with zero attached hydrogens (tertiary/aromatic N) is 1. The maximum Gasteiger partial charge on any atom is 0.212 e. The van der Waals surface area contributed by atoms with E-state index in [1.54, 1.807) is 20.4 Å². The molecule has 1 aromatic heterocycles. The van der Waals surface area contributed by atoms with Crippen LogP contribution < -0.4 is 10.1 Å². The summed E-state index contributed by atoms with van der Waals surface area (Å²) in [5.41, 5.74) is 0.566. The highest BCUT2D eigenvalue weighted by Crippen LogP contribution is 2.21. The molecule has 0 spiro atoms. The van der Waals surface area contributed by atoms with Crippen molar-refractivity contribution < 1.29 is 9.47 Å². The van der Waals surface area contributed by atoms with Gasteiger partial charge in [-0.3, -0.25) is 0 Å². The molecule has 104 valence electrons. The summed E-state index contributed by atoms with van der Waals surface area (Å²) in [4.78, 5) is 4.13. The third-order valence-corrected chi connectivity index (χ3v) is 3.18. The lowest BCUT2D eigenvalue weighted by Gasteiger charge is -2.31. The number of halogens is 1. The van der Waals surface area contributed by atoms with Crippen molar-refractivity contribution in [2.45, 2.75) is 18.4 Å². The molecule has 0 amide bonds. The summed E-state index contributed by atoms with van der Waals surface area (Å²) in [5, 5.41) is 3.31. The van der Waals surface area contributed by atoms with Crippen LogP contribution in [0, 0.1) is 11.8 Å². The van der Waals surface area contributed by atoms with Crippen molar-refractivity contribution >= 4 is 12.4 Å². The van der Waals surface area contributed by atoms with Crippen LogP contribution in [-0.4, -0.2) is 37.9 Å². The van der Waals surface area contributed by atoms with Crippen LogP contribution in [0.25, 0.3) is 0 Å². The molecule has 0 bridgehead atoms. The fraction of sp³-hybridized carbons (Fsp3) is 0.500. The first-order valence-electron chi connectivity index (χ1n) is 6.07. The summed E-state index contributed by atoms with van der Waals surface area (Å²) < 4.78 is 10.6. The number of methoxy groups -OCH3 is 2. The first-order chi connectivity index (χ1) is 8.78. The van der Waals surface area contributed by atoms with E-state index in [1.165, 1.54) is 0 Å². The Morgan fingerprint density at radius 1 is 1.26 bits per heavy atom. The number of piperidine rings is 1. The molecule has 1 aliphatic rings. The minimum Gasteiger partial charge on any atom is -0.481 e. The van der Waals surface area contributed by atoms with E-state index >= 15 is 0 Å². The van der Waals surface area contributed by atoms with Gasteiger partial charge in [0.25, 0.3) is 0 Å². The normalized spacial score (nSPS) is 16.7. The summed E-state index contributed by atoms with van der Waals surface area (Å²) >= 11 is 0. The number of hydrogen-bond acceptors (Lipinski definition) is 4. The molecule has 1 N–H and O–H groups in total. The summed E-state index contributed by atoms with van der Waals surface area (Å²) in [5.74, 6) is 6.98. The van der Waals surface area contributed by atoms with E-state index in [0.717, 1.165) is 31.5 Å². The Labute approximate surface area is 120 Å². The zero-order valence-electron chi connectivity index (χ0n) is 11.2. The minimum absolute atomic E-state index is 0. The van der Waals surface area contributed by atoms with Crippen LogP contribution in [-0.2, 0) is 4.74 Å². The predicted octanol–water partition coefficient (Wildman–Crippen LogP) is 1.63. The molecule has 0 saturated carbocycles. The van der Waals surface area contributed by atoms with Crippen LogP contribution in [0.4, 0.5) is 0 Å². The van der Waals surface area contributed by atoms with Crippen molar-refractivity contribution in [2.24, 2.45) is 0 Å². The van der Waals surface area contributed by atoms with Gasteiger partial charge in [-0.2, -0.15) is 0 Å². The van der Waals surface area contributed by atoms with Gasteiger partial charge in [-0.25, -0.2) is 4.98 Å². The fourth-order valence-electron chi connectivity index (χ4n) is 1.97. The Kier molecular flexibility index (Phi) is 6.10. The van der Waals surface area contributed by atoms with E-state index in [2.05, 4.69) is 22.1 Å². The van der Waals surface area contributed by atoms with Crippen molar-refractivity contribution in [1.29, 1.82) is 0 Å². The monoisotopic (exact) mass is 282 g/mol. The topological polar surface area (TPSA) is 43.4 Å². The average Bonchev–Trinajstić information content (AvgIpc) is 2.47. The fourth-order valence-corrected chi connectivity index (χ4v) is 1.97. The second-order valence-electron chi connectivity index (χ2n) is 4.29. The van der Waals surface area contributed by atoms with E-state index in [-0.39, 0.29) is 18.0 Å². The minimum atomic E-state index is -0.314. The van der Waals surface area contributed by atoms with Gasteiger partial charge in [0.1, 0.15) is 5.60 Å². The van der Waals surface area contributed by atoms with Crippen molar-refractivity contribution in [2.75, 3.05) is 27.3 Å². The summed E-state index contributed by atoms with van der Waals surface area (Å²) in [6, 6.07) is 3.72. The SMILES string of the molecule is COc1ccc(C#CC2(OC)CCNCC2)cn1.Cl. The summed E-state index contributed by atoms with van der Waals surface area (Å²) in [7, 11) is 3.33. The largest absolute Gasteiger partial charge is 0.481 e. The van der Waals surface area contributed by atoms with Crippen LogP contribution in [0.2, 0.25) is 0 Å². The standard InChI is InChI=1S/C14H18N2O2.ClH/c1-17-13-4-3-12(11-16-13)5-6-14(18-2)7-9-15-10-8-14;/h3-4,11,15H,7-10H2,1-2H3;1H. The molecule has 5 heteroatoms. The summed E-state index contributed by atoms with van der Waals surface area (Å²) in [6.07, 6.45) is 3.55. The van der Waals surface area contributed by atoms with Crippen LogP contribution in [0.15, 0.2) is 18.3 Å². The molecule has 1 fully saturated rings. The first kappa shape index (κ1) is 15.8. The molecule has 2 heterocycles. The molecule has 19 heavy (non-hydrogen) atoms. The van der Waals surface area contributed by atoms with Gasteiger partial charge < -0.3 is 14.8 Å². The van der Waals surface area contributed by atoms with E-state index in [9.17, 15) is 0 Å². The zero-order valence-corrected chi connectivity index (χ0v) is 12.0. The molecule has 2 rings (SSSR count). The van der Waals surface area contributed by atoms with Gasteiger partial charge in [-0.05, 0) is 19.2 Å². The lowest BCUT2D eigenvalue weighted by Crippen LogP contribution is -2.42. The quantitative estimate of drug-likeness (QED) is 0.838. The van der Waals surface area contributed by atoms with E-state index in [1.807, 2.05) is 12.1 Å². The van der Waals surface area contributed by atoms with Gasteiger partial charge in [0.05, 0.1) is 7.11 Å². The lowest BCUT2D eigenvalue weighted by molar-refractivity contribution is 0.0159. The summed E-state index contributed by atoms with van der Waals surface area (Å²) in [6.45, 7) is 1.90. The van der Waals surface area contributed by atoms with Crippen LogP contribution in [0.5, 0.6) is 5.88 Å². The second kappa shape index (κ2) is 7.34. The molecule has 4 nitrogen and oxygen atoms in total. The van der Waals surface area contributed by atoms with Gasteiger partial charge in [0, 0.05) is 37.8 Å². The number of nitrogens with one attached hydrogen (secondary N) is 1. The van der Waals surface area contributed by atoms with Gasteiger partial charge in [0.15, 0.2) is 0 Å². The van der Waals surface area contributed by atoms with Crippen LogP contribution in [0.3, 0.4) is 0 Å². The highest BCUT2D eigenvalue weighted by Gasteiger charge is 2.29. The Morgan fingerprint density at radius 2 is 2.00 bits per heavy atom. The third kappa shape index (κ3) is 4.10. The number of aromatic nitrogens is 1. The van der Waals surface area contributed by atoms with Gasteiger partial charge in [-0.1, -0.05) is 11.8 Å². The molecule has 0 aromatic carbocycles. The number of pyridine rings is 1. The van der Waals surface area contributed by atoms with E-state index in [4.69, 9.17) is 9.47 Å². The molecule has 0 atom stereocenters. The molecule has 1 aromatic rings. The van der Waals surface area contributed by atoms with E-state index in [0.29, 0.717) is 5.88 Å². The molecule has 1 saturated heterocycles. The molecule has 0 aliphatic carbocycles. The second-order valence-corrected chi connectivity index (χ2v) is 4.29. The number of hydrogen-bond donors (Lipinski definition) is 1. The molecule has 0 radical (unpaired) electrons. The van der Waals surface area contributed by atoms with Crippen LogP contribution in [0.1, 0.15) is 18.4 Å². The Hall–Kier alpha value is -1.28. The van der Waals surface area contributed by atoms with Gasteiger partial charge in [0.2, 0.25) is 5.88 Å². The highest BCUT2D eigenvalue weighted by atomic mass is 35.5. The van der Waals surface area contributed by atoms with Crippen molar-refractivity contribution in [3.63, 3.8) is 0 Å². The maximum atomic E-state index is 5.59. The first-order valence-corrected chi connectivity index (χ1v) is 6.07. The third-order valence-electron chi connectivity index (χ3n) is 3.18. The average molecular weight is 283 g/mol. The molecule has 1 aliphatic heterocycles. The van der Waals surface area contributed by atoms with Gasteiger partial charge >= 0.3 is 0 Å². The van der Waals surface area contributed by atoms with Gasteiger partial charge in [-0.15, -0.1) is 12.4 Å². The maximum absolute atomic E-state index is 5.59. The Morgan fingerprint density at radius 3 is 2.53 bits per heavy atom. The van der Waals surface area contributed by atoms with E-state index < -0.39 is 0 Å².